The summed E-state index contributed by atoms with van der Waals surface area (Å²) in [6.07, 6.45) is -3.94. The third-order valence-corrected chi connectivity index (χ3v) is 3.35. The Bertz CT molecular complexity index is 800. The van der Waals surface area contributed by atoms with Crippen LogP contribution in [-0.2, 0) is 16.0 Å². The molecule has 19 heavy (non-hydrogen) atoms. The lowest BCUT2D eigenvalue weighted by molar-refractivity contribution is -0.142. The Morgan fingerprint density at radius 3 is 2.47 bits per heavy atom. The lowest BCUT2D eigenvalue weighted by atomic mass is 10.3. The number of halogens is 3. The third-order valence-electron chi connectivity index (χ3n) is 2.36. The number of hydrogen-bond donors (Lipinski definition) is 0. The van der Waals surface area contributed by atoms with Gasteiger partial charge in [0.05, 0.1) is 0 Å². The highest BCUT2D eigenvalue weighted by Gasteiger charge is 2.35. The van der Waals surface area contributed by atoms with Crippen LogP contribution in [0.25, 0.3) is 5.65 Å². The molecule has 0 spiro atoms. The van der Waals surface area contributed by atoms with E-state index in [1.165, 1.54) is 12.1 Å². The molecule has 0 amide bonds. The monoisotopic (exact) mass is 289 g/mol. The topological polar surface area (TPSA) is 75.2 Å². The average Bonchev–Trinajstić information content (AvgIpc) is 2.65. The van der Waals surface area contributed by atoms with Gasteiger partial charge < -0.3 is 0 Å². The molecular weight excluding hydrogens is 283 g/mol. The molecule has 2 heterocycles. The van der Waals surface area contributed by atoms with Crippen molar-refractivity contribution in [3.63, 3.8) is 0 Å². The van der Waals surface area contributed by atoms with Crippen molar-refractivity contribution in [1.82, 2.24) is 9.38 Å². The van der Waals surface area contributed by atoms with Crippen LogP contribution in [0.15, 0.2) is 23.2 Å². The Hall–Kier alpha value is -2.08. The number of alkyl halides is 3. The zero-order chi connectivity index (χ0) is 14.4. The van der Waals surface area contributed by atoms with Gasteiger partial charge in [0, 0.05) is 6.26 Å². The Kier molecular flexibility index (Phi) is 2.78. The quantitative estimate of drug-likeness (QED) is 0.799. The van der Waals surface area contributed by atoms with Gasteiger partial charge in [0.2, 0.25) is 0 Å². The summed E-state index contributed by atoms with van der Waals surface area (Å²) in [6.45, 7) is 0. The van der Waals surface area contributed by atoms with E-state index in [2.05, 4.69) is 4.98 Å². The van der Waals surface area contributed by atoms with Crippen molar-refractivity contribution >= 4 is 15.5 Å². The van der Waals surface area contributed by atoms with Gasteiger partial charge in [0.25, 0.3) is 0 Å². The molecule has 0 fully saturated rings. The number of pyridine rings is 1. The number of nitriles is 1. The predicted molar refractivity (Wildman–Crippen MR) is 58.0 cm³/mol. The summed E-state index contributed by atoms with van der Waals surface area (Å²) in [6, 6.07) is 4.51. The molecule has 0 aliphatic rings. The van der Waals surface area contributed by atoms with Crippen molar-refractivity contribution < 1.29 is 21.6 Å². The maximum atomic E-state index is 12.8. The van der Waals surface area contributed by atoms with E-state index in [0.29, 0.717) is 4.40 Å². The van der Waals surface area contributed by atoms with Gasteiger partial charge in [-0.3, -0.25) is 4.40 Å². The maximum Gasteiger partial charge on any atom is 0.431 e. The summed E-state index contributed by atoms with van der Waals surface area (Å²) in [5.74, 6) is 0. The summed E-state index contributed by atoms with van der Waals surface area (Å²) >= 11 is 0. The van der Waals surface area contributed by atoms with Crippen LogP contribution >= 0.6 is 0 Å². The predicted octanol–water partition coefficient (Wildman–Crippen LogP) is 1.63. The van der Waals surface area contributed by atoms with Gasteiger partial charge in [-0.05, 0) is 12.1 Å². The van der Waals surface area contributed by atoms with Gasteiger partial charge in [-0.15, -0.1) is 0 Å². The van der Waals surface area contributed by atoms with Crippen LogP contribution in [0.3, 0.4) is 0 Å². The molecule has 9 heteroatoms. The lowest BCUT2D eigenvalue weighted by Gasteiger charge is -2.09. The van der Waals surface area contributed by atoms with E-state index >= 15 is 0 Å². The van der Waals surface area contributed by atoms with Crippen LogP contribution in [0.2, 0.25) is 0 Å². The average molecular weight is 289 g/mol. The highest BCUT2D eigenvalue weighted by atomic mass is 32.2. The van der Waals surface area contributed by atoms with E-state index in [4.69, 9.17) is 5.26 Å². The van der Waals surface area contributed by atoms with Crippen LogP contribution in [-0.4, -0.2) is 24.1 Å². The first-order valence-corrected chi connectivity index (χ1v) is 6.74. The molecule has 0 aromatic carbocycles. The highest BCUT2D eigenvalue weighted by molar-refractivity contribution is 7.90. The zero-order valence-corrected chi connectivity index (χ0v) is 10.2. The third kappa shape index (κ3) is 2.15. The first-order chi connectivity index (χ1) is 8.66. The van der Waals surface area contributed by atoms with E-state index in [-0.39, 0.29) is 5.65 Å². The highest BCUT2D eigenvalue weighted by Crippen LogP contribution is 2.31. The molecule has 0 radical (unpaired) electrons. The molecule has 2 aromatic rings. The van der Waals surface area contributed by atoms with Crippen LogP contribution in [0, 0.1) is 11.3 Å². The van der Waals surface area contributed by atoms with E-state index in [9.17, 15) is 21.6 Å². The molecule has 0 N–H and O–H groups in total. The first-order valence-electron chi connectivity index (χ1n) is 4.85. The Labute approximate surface area is 105 Å². The summed E-state index contributed by atoms with van der Waals surface area (Å²) in [4.78, 5) is 3.58. The molecule has 5 nitrogen and oxygen atoms in total. The second-order valence-electron chi connectivity index (χ2n) is 3.75. The number of fused-ring (bicyclic) bond motifs is 1. The Morgan fingerprint density at radius 2 is 2.00 bits per heavy atom. The SMILES string of the molecule is CS(=O)(=O)c1nc2cccc(C(F)(F)F)n2c1C#N. The number of nitrogens with zero attached hydrogens (tertiary/aromatic N) is 3. The van der Waals surface area contributed by atoms with E-state index in [1.54, 1.807) is 0 Å². The fraction of sp³-hybridized carbons (Fsp3) is 0.200. The van der Waals surface area contributed by atoms with E-state index < -0.39 is 32.4 Å². The molecule has 0 saturated carbocycles. The van der Waals surface area contributed by atoms with Gasteiger partial charge in [-0.25, -0.2) is 13.4 Å². The minimum absolute atomic E-state index is 0.244. The number of rotatable bonds is 1. The standard InChI is InChI=1S/C10H6F3N3O2S/c1-19(17,18)9-6(5-14)16-7(10(11,12)13)3-2-4-8(16)15-9/h2-4H,1H3. The van der Waals surface area contributed by atoms with Crippen LogP contribution in [0.4, 0.5) is 13.2 Å². The fourth-order valence-electron chi connectivity index (χ4n) is 1.65. The number of sulfone groups is 1. The van der Waals surface area contributed by atoms with Crippen molar-refractivity contribution in [2.75, 3.05) is 6.26 Å². The Morgan fingerprint density at radius 1 is 1.37 bits per heavy atom. The summed E-state index contributed by atoms with van der Waals surface area (Å²) < 4.78 is 61.9. The smallest absolute Gasteiger partial charge is 0.278 e. The van der Waals surface area contributed by atoms with E-state index in [0.717, 1.165) is 18.4 Å². The fourth-order valence-corrected chi connectivity index (χ4v) is 2.40. The molecule has 0 bridgehead atoms. The molecular formula is C10H6F3N3O2S. The second-order valence-corrected chi connectivity index (χ2v) is 5.68. The van der Waals surface area contributed by atoms with Gasteiger partial charge in [-0.2, -0.15) is 18.4 Å². The van der Waals surface area contributed by atoms with E-state index in [1.807, 2.05) is 0 Å². The molecule has 0 atom stereocenters. The lowest BCUT2D eigenvalue weighted by Crippen LogP contribution is -2.12. The van der Waals surface area contributed by atoms with Gasteiger partial charge in [-0.1, -0.05) is 6.07 Å². The van der Waals surface area contributed by atoms with Crippen LogP contribution in [0.1, 0.15) is 11.4 Å². The zero-order valence-electron chi connectivity index (χ0n) is 9.43. The largest absolute Gasteiger partial charge is 0.431 e. The minimum Gasteiger partial charge on any atom is -0.278 e. The van der Waals surface area contributed by atoms with Crippen molar-refractivity contribution in [3.8, 4) is 6.07 Å². The summed E-state index contributed by atoms with van der Waals surface area (Å²) in [7, 11) is -3.89. The van der Waals surface area contributed by atoms with Crippen molar-refractivity contribution in [1.29, 1.82) is 5.26 Å². The van der Waals surface area contributed by atoms with Crippen LogP contribution < -0.4 is 0 Å². The van der Waals surface area contributed by atoms with Gasteiger partial charge in [0.15, 0.2) is 20.6 Å². The maximum absolute atomic E-state index is 12.8. The van der Waals surface area contributed by atoms with Crippen molar-refractivity contribution in [3.05, 3.63) is 29.6 Å². The molecule has 2 rings (SSSR count). The van der Waals surface area contributed by atoms with Crippen molar-refractivity contribution in [2.24, 2.45) is 0 Å². The molecule has 0 saturated heterocycles. The molecule has 0 unspecified atom stereocenters. The molecule has 0 aliphatic carbocycles. The number of imidazole rings is 1. The van der Waals surface area contributed by atoms with Gasteiger partial charge >= 0.3 is 6.18 Å². The van der Waals surface area contributed by atoms with Gasteiger partial charge in [0.1, 0.15) is 17.4 Å². The second kappa shape index (κ2) is 3.96. The normalized spacial score (nSPS) is 12.6. The minimum atomic E-state index is -4.72. The van der Waals surface area contributed by atoms with Crippen LogP contribution in [0.5, 0.6) is 0 Å². The molecule has 100 valence electrons. The molecule has 2 aromatic heterocycles. The number of aromatic nitrogens is 2. The number of hydrogen-bond acceptors (Lipinski definition) is 4. The summed E-state index contributed by atoms with van der Waals surface area (Å²) in [5, 5.41) is 8.26. The van der Waals surface area contributed by atoms with Crippen molar-refractivity contribution in [2.45, 2.75) is 11.2 Å². The Balaban J connectivity index is 3.00. The molecule has 0 aliphatic heterocycles. The first kappa shape index (κ1) is 13.4. The summed E-state index contributed by atoms with van der Waals surface area (Å²) in [5.41, 5.74) is -2.04.